The van der Waals surface area contributed by atoms with Crippen LogP contribution in [0.4, 0.5) is 0 Å². The largest absolute Gasteiger partial charge is 0.456 e. The number of hydrogen-bond donors (Lipinski definition) is 0. The lowest BCUT2D eigenvalue weighted by Gasteiger charge is -2.17. The summed E-state index contributed by atoms with van der Waals surface area (Å²) >= 11 is 0. The lowest BCUT2D eigenvalue weighted by molar-refractivity contribution is 0.591. The molecule has 0 radical (unpaired) electrons. The van der Waals surface area contributed by atoms with E-state index < -0.39 is 0 Å². The summed E-state index contributed by atoms with van der Waals surface area (Å²) in [4.78, 5) is 0. The van der Waals surface area contributed by atoms with Gasteiger partial charge in [0.05, 0.1) is 0 Å². The van der Waals surface area contributed by atoms with Crippen molar-refractivity contribution in [2.75, 3.05) is 0 Å². The molecule has 0 saturated heterocycles. The SMILES string of the molecule is C1=CC(c2ccccc2)Cc2c1oc1ccc(-c3cccc4c3oc3cc5oc6c(-c7ccc8oc9ccc(-c%10ccccc%10)cc9c8c7)cccc6c5cc34)cc21. The summed E-state index contributed by atoms with van der Waals surface area (Å²) in [6.45, 7) is 0. The first-order valence-corrected chi connectivity index (χ1v) is 19.8. The maximum absolute atomic E-state index is 6.75. The highest BCUT2D eigenvalue weighted by molar-refractivity contribution is 6.18. The molecular formula is C54H32O4. The second-order valence-electron chi connectivity index (χ2n) is 15.5. The minimum atomic E-state index is 0.316. The molecule has 0 aliphatic heterocycles. The van der Waals surface area contributed by atoms with Crippen molar-refractivity contribution in [3.05, 3.63) is 187 Å². The Kier molecular flexibility index (Phi) is 6.53. The highest BCUT2D eigenvalue weighted by Crippen LogP contribution is 2.44. The summed E-state index contributed by atoms with van der Waals surface area (Å²) in [5, 5.41) is 7.61. The Hall–Kier alpha value is -7.56. The fourth-order valence-corrected chi connectivity index (χ4v) is 9.40. The molecule has 272 valence electrons. The molecule has 0 fully saturated rings. The minimum Gasteiger partial charge on any atom is -0.456 e. The quantitative estimate of drug-likeness (QED) is 0.180. The van der Waals surface area contributed by atoms with Gasteiger partial charge in [0.1, 0.15) is 44.8 Å². The Labute approximate surface area is 331 Å². The molecular weight excluding hydrogens is 713 g/mol. The summed E-state index contributed by atoms with van der Waals surface area (Å²) in [6, 6.07) is 57.7. The Morgan fingerprint density at radius 1 is 0.362 bits per heavy atom. The van der Waals surface area contributed by atoms with Gasteiger partial charge in [-0.3, -0.25) is 0 Å². The standard InChI is InChI=1S/C54H32O4/c1-3-9-31(10-4-1)33-17-21-47-41(25-33)43-27-35(19-23-49(43)55-47)37-13-7-15-39-45-29-46-40-16-8-14-38(54(40)58-52(46)30-51(45)57-53(37)39)36-20-24-50-44(28-36)42-26-34(18-22-48(42)56-50)32-11-5-2-6-12-32/h1-25,27-30,34H,26H2. The second-order valence-corrected chi connectivity index (χ2v) is 15.5. The van der Waals surface area contributed by atoms with Crippen LogP contribution in [0.15, 0.2) is 188 Å². The van der Waals surface area contributed by atoms with E-state index in [2.05, 4.69) is 170 Å². The number of para-hydroxylation sites is 2. The summed E-state index contributed by atoms with van der Waals surface area (Å²) < 4.78 is 26.1. The zero-order valence-electron chi connectivity index (χ0n) is 31.2. The zero-order chi connectivity index (χ0) is 37.9. The molecule has 1 aliphatic rings. The molecule has 1 aliphatic carbocycles. The van der Waals surface area contributed by atoms with E-state index in [9.17, 15) is 0 Å². The molecule has 4 nitrogen and oxygen atoms in total. The van der Waals surface area contributed by atoms with Crippen LogP contribution >= 0.6 is 0 Å². The molecule has 4 heteroatoms. The van der Waals surface area contributed by atoms with Crippen molar-refractivity contribution < 1.29 is 17.7 Å². The first kappa shape index (κ1) is 31.6. The summed E-state index contributed by atoms with van der Waals surface area (Å²) in [7, 11) is 0. The van der Waals surface area contributed by atoms with Gasteiger partial charge in [-0.05, 0) is 82.8 Å². The highest BCUT2D eigenvalue weighted by atomic mass is 16.3. The molecule has 0 N–H and O–H groups in total. The van der Waals surface area contributed by atoms with Crippen LogP contribution in [0.25, 0.3) is 116 Å². The van der Waals surface area contributed by atoms with Crippen molar-refractivity contribution >= 4 is 82.9 Å². The molecule has 13 rings (SSSR count). The molecule has 0 spiro atoms. The molecule has 0 bridgehead atoms. The van der Waals surface area contributed by atoms with Gasteiger partial charge in [0.25, 0.3) is 0 Å². The summed E-state index contributed by atoms with van der Waals surface area (Å²) in [5.74, 6) is 1.27. The molecule has 1 atom stereocenters. The Bertz CT molecular complexity index is 3650. The predicted octanol–water partition coefficient (Wildman–Crippen LogP) is 15.5. The molecule has 0 amide bonds. The third-order valence-corrected chi connectivity index (χ3v) is 12.3. The second kappa shape index (κ2) is 12.0. The van der Waals surface area contributed by atoms with Crippen LogP contribution in [0.2, 0.25) is 0 Å². The van der Waals surface area contributed by atoms with E-state index >= 15 is 0 Å². The molecule has 0 saturated carbocycles. The van der Waals surface area contributed by atoms with Gasteiger partial charge in [-0.15, -0.1) is 0 Å². The van der Waals surface area contributed by atoms with Gasteiger partial charge in [0, 0.05) is 66.4 Å². The van der Waals surface area contributed by atoms with Crippen LogP contribution in [-0.2, 0) is 6.42 Å². The number of allylic oxidation sites excluding steroid dienone is 1. The first-order chi connectivity index (χ1) is 28.7. The van der Waals surface area contributed by atoms with E-state index in [0.717, 1.165) is 117 Å². The third-order valence-electron chi connectivity index (χ3n) is 12.3. The van der Waals surface area contributed by atoms with Gasteiger partial charge >= 0.3 is 0 Å². The van der Waals surface area contributed by atoms with Gasteiger partial charge in [-0.2, -0.15) is 0 Å². The number of furan rings is 4. The van der Waals surface area contributed by atoms with Crippen LogP contribution < -0.4 is 0 Å². The van der Waals surface area contributed by atoms with E-state index in [4.69, 9.17) is 17.7 Å². The fourth-order valence-electron chi connectivity index (χ4n) is 9.40. The van der Waals surface area contributed by atoms with Gasteiger partial charge in [0.15, 0.2) is 0 Å². The topological polar surface area (TPSA) is 52.6 Å². The Balaban J connectivity index is 0.909. The van der Waals surface area contributed by atoms with Crippen LogP contribution in [0.3, 0.4) is 0 Å². The van der Waals surface area contributed by atoms with E-state index in [0.29, 0.717) is 5.92 Å². The van der Waals surface area contributed by atoms with Crippen molar-refractivity contribution in [3.63, 3.8) is 0 Å². The van der Waals surface area contributed by atoms with Gasteiger partial charge in [-0.25, -0.2) is 0 Å². The summed E-state index contributed by atoms with van der Waals surface area (Å²) in [6.07, 6.45) is 5.30. The van der Waals surface area contributed by atoms with Crippen LogP contribution in [0.1, 0.15) is 22.8 Å². The Morgan fingerprint density at radius 3 is 1.57 bits per heavy atom. The van der Waals surface area contributed by atoms with Crippen molar-refractivity contribution in [2.24, 2.45) is 0 Å². The lowest BCUT2D eigenvalue weighted by atomic mass is 9.86. The summed E-state index contributed by atoms with van der Waals surface area (Å²) in [5.41, 5.74) is 15.2. The van der Waals surface area contributed by atoms with Crippen molar-refractivity contribution in [1.29, 1.82) is 0 Å². The zero-order valence-corrected chi connectivity index (χ0v) is 31.2. The van der Waals surface area contributed by atoms with E-state index in [1.165, 1.54) is 16.7 Å². The lowest BCUT2D eigenvalue weighted by Crippen LogP contribution is -2.04. The molecule has 1 unspecified atom stereocenters. The van der Waals surface area contributed by atoms with Crippen LogP contribution in [-0.4, -0.2) is 0 Å². The molecule has 4 aromatic heterocycles. The van der Waals surface area contributed by atoms with E-state index in [1.807, 2.05) is 6.07 Å². The van der Waals surface area contributed by atoms with Crippen molar-refractivity contribution in [1.82, 2.24) is 0 Å². The highest BCUT2D eigenvalue weighted by Gasteiger charge is 2.23. The maximum Gasteiger partial charge on any atom is 0.143 e. The monoisotopic (exact) mass is 744 g/mol. The molecule has 58 heavy (non-hydrogen) atoms. The number of benzene rings is 8. The van der Waals surface area contributed by atoms with Gasteiger partial charge in [0.2, 0.25) is 0 Å². The minimum absolute atomic E-state index is 0.316. The van der Waals surface area contributed by atoms with Crippen LogP contribution in [0.5, 0.6) is 0 Å². The molecule has 8 aromatic carbocycles. The normalized spacial score (nSPS) is 14.2. The first-order valence-electron chi connectivity index (χ1n) is 19.8. The van der Waals surface area contributed by atoms with E-state index in [1.54, 1.807) is 0 Å². The van der Waals surface area contributed by atoms with Gasteiger partial charge in [-0.1, -0.05) is 121 Å². The van der Waals surface area contributed by atoms with Crippen LogP contribution in [0, 0.1) is 0 Å². The number of hydrogen-bond acceptors (Lipinski definition) is 4. The fraction of sp³-hybridized carbons (Fsp3) is 0.0370. The average Bonchev–Trinajstić information content (AvgIpc) is 4.05. The van der Waals surface area contributed by atoms with Gasteiger partial charge < -0.3 is 17.7 Å². The van der Waals surface area contributed by atoms with E-state index in [-0.39, 0.29) is 0 Å². The maximum atomic E-state index is 6.75. The van der Waals surface area contributed by atoms with Crippen molar-refractivity contribution in [2.45, 2.75) is 12.3 Å². The number of rotatable bonds is 4. The van der Waals surface area contributed by atoms with Crippen molar-refractivity contribution in [3.8, 4) is 33.4 Å². The predicted molar refractivity (Wildman–Crippen MR) is 236 cm³/mol. The smallest absolute Gasteiger partial charge is 0.143 e. The third kappa shape index (κ3) is 4.69. The Morgan fingerprint density at radius 2 is 0.914 bits per heavy atom. The average molecular weight is 745 g/mol. The molecule has 4 heterocycles. The molecule has 12 aromatic rings. The number of fused-ring (bicyclic) bond motifs is 12.